The summed E-state index contributed by atoms with van der Waals surface area (Å²) in [6.45, 7) is -0.602. The van der Waals surface area contributed by atoms with Crippen molar-refractivity contribution < 1.29 is 22.7 Å². The number of carbonyl (C=O) groups excluding carboxylic acids is 1. The molecule has 0 saturated heterocycles. The minimum Gasteiger partial charge on any atom is -0.484 e. The van der Waals surface area contributed by atoms with Gasteiger partial charge in [0.05, 0.1) is 16.5 Å². The second-order valence-corrected chi connectivity index (χ2v) is 5.85. The van der Waals surface area contributed by atoms with Gasteiger partial charge in [0.15, 0.2) is 11.4 Å². The average molecular weight is 395 g/mol. The number of carbonyl (C=O) groups is 1. The molecule has 10 heteroatoms. The number of aromatic amines is 1. The van der Waals surface area contributed by atoms with Crippen LogP contribution in [0, 0.1) is 4.77 Å². The van der Waals surface area contributed by atoms with Crippen LogP contribution in [0.4, 0.5) is 13.2 Å². The molecule has 3 rings (SSSR count). The molecular formula is C17H12F3N3O3S. The molecule has 1 heterocycles. The number of amides is 1. The molecule has 0 aliphatic heterocycles. The van der Waals surface area contributed by atoms with E-state index < -0.39 is 29.8 Å². The summed E-state index contributed by atoms with van der Waals surface area (Å²) in [4.78, 5) is 27.2. The second-order valence-electron chi connectivity index (χ2n) is 5.47. The largest absolute Gasteiger partial charge is 0.484 e. The van der Waals surface area contributed by atoms with Gasteiger partial charge in [0, 0.05) is 0 Å². The first-order valence-electron chi connectivity index (χ1n) is 7.60. The maximum absolute atomic E-state index is 12.7. The van der Waals surface area contributed by atoms with E-state index in [0.29, 0.717) is 10.9 Å². The van der Waals surface area contributed by atoms with Gasteiger partial charge < -0.3 is 9.72 Å². The Morgan fingerprint density at radius 1 is 1.19 bits per heavy atom. The lowest BCUT2D eigenvalue weighted by Crippen LogP contribution is -2.36. The van der Waals surface area contributed by atoms with Crippen molar-refractivity contribution in [3.05, 3.63) is 69.2 Å². The van der Waals surface area contributed by atoms with Crippen LogP contribution in [0.3, 0.4) is 0 Å². The number of halogens is 3. The molecule has 2 N–H and O–H groups in total. The van der Waals surface area contributed by atoms with E-state index in [1.165, 1.54) is 12.1 Å². The standard InChI is InChI=1S/C17H12F3N3O3S/c18-17(19,20)10-4-3-5-11(8-10)26-9-14(24)22-23-15(25)12-6-1-2-7-13(12)21-16(23)27/h1-8H,9H2,(H,21,27)(H,22,24). The Labute approximate surface area is 155 Å². The van der Waals surface area contributed by atoms with Gasteiger partial charge in [-0.25, -0.2) is 0 Å². The van der Waals surface area contributed by atoms with E-state index in [1.54, 1.807) is 24.3 Å². The van der Waals surface area contributed by atoms with Crippen molar-refractivity contribution in [2.75, 3.05) is 12.0 Å². The van der Waals surface area contributed by atoms with Gasteiger partial charge in [0.2, 0.25) is 0 Å². The third-order valence-corrected chi connectivity index (χ3v) is 3.86. The number of ether oxygens (including phenoxy) is 1. The smallest absolute Gasteiger partial charge is 0.416 e. The second kappa shape index (κ2) is 7.23. The van der Waals surface area contributed by atoms with Crippen molar-refractivity contribution in [1.82, 2.24) is 9.66 Å². The summed E-state index contributed by atoms with van der Waals surface area (Å²) in [5.74, 6) is -0.889. The quantitative estimate of drug-likeness (QED) is 0.665. The minimum atomic E-state index is -4.52. The molecular weight excluding hydrogens is 383 g/mol. The van der Waals surface area contributed by atoms with Crippen LogP contribution < -0.4 is 15.7 Å². The van der Waals surface area contributed by atoms with Crippen LogP contribution in [0.15, 0.2) is 53.3 Å². The van der Waals surface area contributed by atoms with Gasteiger partial charge in [-0.15, -0.1) is 0 Å². The Kier molecular flexibility index (Phi) is 5.00. The molecule has 0 aliphatic carbocycles. The first-order valence-corrected chi connectivity index (χ1v) is 8.00. The zero-order valence-electron chi connectivity index (χ0n) is 13.5. The number of rotatable bonds is 4. The molecule has 1 aromatic heterocycles. The van der Waals surface area contributed by atoms with Crippen LogP contribution in [-0.2, 0) is 11.0 Å². The number of aromatic nitrogens is 2. The number of hydrogen-bond donors (Lipinski definition) is 2. The number of benzene rings is 2. The summed E-state index contributed by atoms with van der Waals surface area (Å²) in [5.41, 5.74) is 1.35. The molecule has 0 spiro atoms. The van der Waals surface area contributed by atoms with E-state index in [0.717, 1.165) is 16.8 Å². The van der Waals surface area contributed by atoms with Crippen molar-refractivity contribution in [1.29, 1.82) is 0 Å². The molecule has 0 unspecified atom stereocenters. The fourth-order valence-corrected chi connectivity index (χ4v) is 2.57. The summed E-state index contributed by atoms with van der Waals surface area (Å²) in [7, 11) is 0. The van der Waals surface area contributed by atoms with Crippen molar-refractivity contribution in [2.45, 2.75) is 6.18 Å². The van der Waals surface area contributed by atoms with Crippen LogP contribution in [0.5, 0.6) is 5.75 Å². The van der Waals surface area contributed by atoms with Gasteiger partial charge in [0.25, 0.3) is 11.5 Å². The third-order valence-electron chi connectivity index (χ3n) is 3.57. The van der Waals surface area contributed by atoms with Gasteiger partial charge in [-0.05, 0) is 42.5 Å². The maximum atomic E-state index is 12.7. The zero-order valence-corrected chi connectivity index (χ0v) is 14.4. The first kappa shape index (κ1) is 18.6. The summed E-state index contributed by atoms with van der Waals surface area (Å²) < 4.78 is 43.9. The van der Waals surface area contributed by atoms with E-state index in [9.17, 15) is 22.8 Å². The number of nitrogens with one attached hydrogen (secondary N) is 2. The summed E-state index contributed by atoms with van der Waals surface area (Å²) in [5, 5.41) is 0.310. The van der Waals surface area contributed by atoms with E-state index >= 15 is 0 Å². The maximum Gasteiger partial charge on any atom is 0.416 e. The highest BCUT2D eigenvalue weighted by atomic mass is 32.1. The van der Waals surface area contributed by atoms with Gasteiger partial charge in [0.1, 0.15) is 5.75 Å². The number of para-hydroxylation sites is 1. The Morgan fingerprint density at radius 3 is 2.67 bits per heavy atom. The summed E-state index contributed by atoms with van der Waals surface area (Å²) in [6, 6.07) is 10.7. The fourth-order valence-electron chi connectivity index (χ4n) is 2.33. The lowest BCUT2D eigenvalue weighted by molar-refractivity contribution is -0.137. The van der Waals surface area contributed by atoms with E-state index in [2.05, 4.69) is 10.4 Å². The molecule has 0 atom stereocenters. The van der Waals surface area contributed by atoms with Crippen LogP contribution >= 0.6 is 12.2 Å². The highest BCUT2D eigenvalue weighted by Crippen LogP contribution is 2.31. The van der Waals surface area contributed by atoms with E-state index in [1.807, 2.05) is 0 Å². The Bertz CT molecular complexity index is 1120. The molecule has 27 heavy (non-hydrogen) atoms. The molecule has 0 saturated carbocycles. The van der Waals surface area contributed by atoms with Crippen molar-refractivity contribution in [3.63, 3.8) is 0 Å². The number of H-pyrrole nitrogens is 1. The van der Waals surface area contributed by atoms with E-state index in [-0.39, 0.29) is 10.5 Å². The van der Waals surface area contributed by atoms with Crippen LogP contribution in [-0.4, -0.2) is 22.2 Å². The molecule has 0 fully saturated rings. The molecule has 3 aromatic rings. The first-order chi connectivity index (χ1) is 12.8. The predicted molar refractivity (Wildman–Crippen MR) is 94.7 cm³/mol. The van der Waals surface area contributed by atoms with Crippen LogP contribution in [0.2, 0.25) is 0 Å². The zero-order chi connectivity index (χ0) is 19.6. The Balaban J connectivity index is 1.75. The van der Waals surface area contributed by atoms with Crippen molar-refractivity contribution in [3.8, 4) is 5.75 Å². The fraction of sp³-hybridized carbons (Fsp3) is 0.118. The molecule has 0 radical (unpaired) electrons. The predicted octanol–water partition coefficient (Wildman–Crippen LogP) is 3.23. The molecule has 0 bridgehead atoms. The van der Waals surface area contributed by atoms with Crippen molar-refractivity contribution >= 4 is 29.0 Å². The summed E-state index contributed by atoms with van der Waals surface area (Å²) in [6.07, 6.45) is -4.52. The Morgan fingerprint density at radius 2 is 1.93 bits per heavy atom. The SMILES string of the molecule is O=C(COc1cccc(C(F)(F)F)c1)Nn1c(=S)[nH]c2ccccc2c1=O. The van der Waals surface area contributed by atoms with Crippen LogP contribution in [0.1, 0.15) is 5.56 Å². The number of nitrogens with zero attached hydrogens (tertiary/aromatic N) is 1. The number of fused-ring (bicyclic) bond motifs is 1. The minimum absolute atomic E-state index is 0.0360. The number of hydrogen-bond acceptors (Lipinski definition) is 4. The highest BCUT2D eigenvalue weighted by Gasteiger charge is 2.30. The molecule has 6 nitrogen and oxygen atoms in total. The van der Waals surface area contributed by atoms with E-state index in [4.69, 9.17) is 17.0 Å². The monoisotopic (exact) mass is 395 g/mol. The van der Waals surface area contributed by atoms with Gasteiger partial charge in [-0.3, -0.25) is 15.0 Å². The molecule has 140 valence electrons. The highest BCUT2D eigenvalue weighted by molar-refractivity contribution is 7.71. The number of alkyl halides is 3. The normalized spacial score (nSPS) is 11.4. The molecule has 0 aliphatic rings. The third kappa shape index (κ3) is 4.17. The van der Waals surface area contributed by atoms with Gasteiger partial charge in [-0.1, -0.05) is 18.2 Å². The van der Waals surface area contributed by atoms with Gasteiger partial charge >= 0.3 is 6.18 Å². The Hall–Kier alpha value is -3.14. The summed E-state index contributed by atoms with van der Waals surface area (Å²) >= 11 is 5.05. The lowest BCUT2D eigenvalue weighted by atomic mass is 10.2. The lowest BCUT2D eigenvalue weighted by Gasteiger charge is -2.12. The molecule has 1 amide bonds. The topological polar surface area (TPSA) is 76.1 Å². The average Bonchev–Trinajstić information content (AvgIpc) is 2.63. The van der Waals surface area contributed by atoms with Crippen LogP contribution in [0.25, 0.3) is 10.9 Å². The van der Waals surface area contributed by atoms with Crippen molar-refractivity contribution in [2.24, 2.45) is 0 Å². The molecule has 2 aromatic carbocycles. The van der Waals surface area contributed by atoms with Gasteiger partial charge in [-0.2, -0.15) is 17.8 Å².